The third kappa shape index (κ3) is 2.82. The monoisotopic (exact) mass is 455 g/mol. The lowest BCUT2D eigenvalue weighted by Gasteiger charge is -2.46. The van der Waals surface area contributed by atoms with Gasteiger partial charge in [-0.3, -0.25) is 4.79 Å². The Kier molecular flexibility index (Phi) is 4.09. The fourth-order valence-corrected chi connectivity index (χ4v) is 6.03. The van der Waals surface area contributed by atoms with Crippen LogP contribution in [0.25, 0.3) is 0 Å². The van der Waals surface area contributed by atoms with Gasteiger partial charge in [0.05, 0.1) is 4.90 Å². The number of carbonyl (C=O) groups excluding carboxylic acids is 1. The van der Waals surface area contributed by atoms with Crippen molar-refractivity contribution in [3.05, 3.63) is 57.5 Å². The van der Waals surface area contributed by atoms with Gasteiger partial charge in [0.1, 0.15) is 5.75 Å². The van der Waals surface area contributed by atoms with Crippen LogP contribution in [0.2, 0.25) is 5.02 Å². The molecule has 2 aliphatic rings. The first kappa shape index (κ1) is 17.8. The van der Waals surface area contributed by atoms with Gasteiger partial charge in [-0.2, -0.15) is 0 Å². The van der Waals surface area contributed by atoms with E-state index in [0.717, 1.165) is 4.47 Å². The number of carbonyl (C=O) groups is 1. The third-order valence-corrected chi connectivity index (χ3v) is 7.69. The van der Waals surface area contributed by atoms with Crippen molar-refractivity contribution in [1.82, 2.24) is 5.32 Å². The molecule has 136 valence electrons. The number of rotatable bonds is 2. The molecule has 2 heterocycles. The van der Waals surface area contributed by atoms with Crippen LogP contribution in [0.15, 0.2) is 51.8 Å². The van der Waals surface area contributed by atoms with Crippen molar-refractivity contribution >= 4 is 43.3 Å². The van der Waals surface area contributed by atoms with Gasteiger partial charge >= 0.3 is 0 Å². The summed E-state index contributed by atoms with van der Waals surface area (Å²) < 4.78 is 33.2. The van der Waals surface area contributed by atoms with Crippen molar-refractivity contribution in [3.63, 3.8) is 0 Å². The van der Waals surface area contributed by atoms with Gasteiger partial charge in [0.15, 0.2) is 20.8 Å². The minimum Gasteiger partial charge on any atom is -0.468 e. The standard InChI is InChI=1S/C18H15BrClNO4S/c1-18-9-14(13-8-10(19)2-7-15(13)25-18)16(17(22)21-18)26(23,24)12-5-3-11(20)4-6-12/h2-8,14,16H,9H2,1H3,(H,21,22)/t14-,16+,18-/m0/s1. The van der Waals surface area contributed by atoms with Gasteiger partial charge in [0.25, 0.3) is 0 Å². The number of hydrogen-bond donors (Lipinski definition) is 1. The van der Waals surface area contributed by atoms with Gasteiger partial charge in [-0.1, -0.05) is 27.5 Å². The summed E-state index contributed by atoms with van der Waals surface area (Å²) in [4.78, 5) is 12.9. The third-order valence-electron chi connectivity index (χ3n) is 4.80. The van der Waals surface area contributed by atoms with E-state index < -0.39 is 32.6 Å². The smallest absolute Gasteiger partial charge is 0.242 e. The summed E-state index contributed by atoms with van der Waals surface area (Å²) >= 11 is 9.28. The highest BCUT2D eigenvalue weighted by molar-refractivity contribution is 9.10. The molecule has 2 aliphatic heterocycles. The molecule has 2 aromatic rings. The second kappa shape index (κ2) is 5.97. The maximum absolute atomic E-state index is 13.3. The van der Waals surface area contributed by atoms with E-state index >= 15 is 0 Å². The first-order valence-corrected chi connectivity index (χ1v) is 10.7. The van der Waals surface area contributed by atoms with E-state index in [0.29, 0.717) is 22.8 Å². The van der Waals surface area contributed by atoms with Crippen LogP contribution >= 0.6 is 27.5 Å². The number of hydrogen-bond acceptors (Lipinski definition) is 4. The average molecular weight is 457 g/mol. The fourth-order valence-electron chi connectivity index (χ4n) is 3.71. The van der Waals surface area contributed by atoms with Crippen LogP contribution in [0.1, 0.15) is 24.8 Å². The second-order valence-electron chi connectivity index (χ2n) is 6.73. The van der Waals surface area contributed by atoms with Crippen LogP contribution in [-0.2, 0) is 14.6 Å². The Morgan fingerprint density at radius 3 is 2.62 bits per heavy atom. The van der Waals surface area contributed by atoms with Gasteiger partial charge in [-0.05, 0) is 49.4 Å². The maximum atomic E-state index is 13.3. The maximum Gasteiger partial charge on any atom is 0.242 e. The zero-order valence-electron chi connectivity index (χ0n) is 13.7. The average Bonchev–Trinajstić information content (AvgIpc) is 2.55. The van der Waals surface area contributed by atoms with E-state index in [1.807, 2.05) is 12.1 Å². The summed E-state index contributed by atoms with van der Waals surface area (Å²) in [5.41, 5.74) is -0.205. The van der Waals surface area contributed by atoms with Crippen molar-refractivity contribution in [3.8, 4) is 5.75 Å². The Hall–Kier alpha value is -1.57. The van der Waals surface area contributed by atoms with Crippen LogP contribution in [0.3, 0.4) is 0 Å². The number of fused-ring (bicyclic) bond motifs is 4. The lowest BCUT2D eigenvalue weighted by Crippen LogP contribution is -2.63. The van der Waals surface area contributed by atoms with Crippen LogP contribution < -0.4 is 10.1 Å². The molecule has 5 nitrogen and oxygen atoms in total. The minimum absolute atomic E-state index is 0.0775. The highest BCUT2D eigenvalue weighted by Gasteiger charge is 2.54. The highest BCUT2D eigenvalue weighted by atomic mass is 79.9. The normalized spacial score (nSPS) is 27.3. The first-order valence-electron chi connectivity index (χ1n) is 8.00. The molecule has 1 N–H and O–H groups in total. The number of piperidine rings is 1. The molecule has 3 atom stereocenters. The Morgan fingerprint density at radius 2 is 1.92 bits per heavy atom. The predicted molar refractivity (Wildman–Crippen MR) is 101 cm³/mol. The van der Waals surface area contributed by atoms with Crippen molar-refractivity contribution in [2.45, 2.75) is 35.1 Å². The van der Waals surface area contributed by atoms with Crippen molar-refractivity contribution < 1.29 is 17.9 Å². The molecule has 1 fully saturated rings. The van der Waals surface area contributed by atoms with Crippen molar-refractivity contribution in [2.75, 3.05) is 0 Å². The summed E-state index contributed by atoms with van der Waals surface area (Å²) in [6, 6.07) is 11.3. The number of ether oxygens (including phenoxy) is 1. The number of sulfone groups is 1. The topological polar surface area (TPSA) is 72.5 Å². The number of amides is 1. The summed E-state index contributed by atoms with van der Waals surface area (Å²) in [7, 11) is -3.90. The molecular weight excluding hydrogens is 442 g/mol. The van der Waals surface area contributed by atoms with E-state index in [1.54, 1.807) is 13.0 Å². The zero-order valence-corrected chi connectivity index (χ0v) is 16.9. The van der Waals surface area contributed by atoms with Gasteiger partial charge in [-0.15, -0.1) is 0 Å². The lowest BCUT2D eigenvalue weighted by molar-refractivity contribution is -0.132. The first-order chi connectivity index (χ1) is 12.2. The molecule has 1 saturated heterocycles. The van der Waals surface area contributed by atoms with E-state index in [-0.39, 0.29) is 4.90 Å². The molecule has 1 amide bonds. The number of nitrogens with one attached hydrogen (secondary N) is 1. The van der Waals surface area contributed by atoms with E-state index in [2.05, 4.69) is 21.2 Å². The molecule has 0 unspecified atom stereocenters. The van der Waals surface area contributed by atoms with E-state index in [4.69, 9.17) is 16.3 Å². The molecule has 8 heteroatoms. The van der Waals surface area contributed by atoms with E-state index in [1.165, 1.54) is 24.3 Å². The highest BCUT2D eigenvalue weighted by Crippen LogP contribution is 2.47. The van der Waals surface area contributed by atoms with Crippen LogP contribution in [0.5, 0.6) is 5.75 Å². The number of halogens is 2. The molecule has 0 spiro atoms. The quantitative estimate of drug-likeness (QED) is 0.748. The Balaban J connectivity index is 1.86. The minimum atomic E-state index is -3.90. The summed E-state index contributed by atoms with van der Waals surface area (Å²) in [6.45, 7) is 1.76. The Morgan fingerprint density at radius 1 is 1.23 bits per heavy atom. The van der Waals surface area contributed by atoms with Gasteiger partial charge in [0, 0.05) is 27.4 Å². The molecule has 4 rings (SSSR count). The molecule has 0 saturated carbocycles. The fraction of sp³-hybridized carbons (Fsp3) is 0.278. The molecule has 0 aliphatic carbocycles. The van der Waals surface area contributed by atoms with Gasteiger partial charge < -0.3 is 10.1 Å². The Labute approximate surface area is 164 Å². The van der Waals surface area contributed by atoms with Crippen molar-refractivity contribution in [1.29, 1.82) is 0 Å². The van der Waals surface area contributed by atoms with Gasteiger partial charge in [0.2, 0.25) is 5.91 Å². The van der Waals surface area contributed by atoms with Gasteiger partial charge in [-0.25, -0.2) is 8.42 Å². The van der Waals surface area contributed by atoms with E-state index in [9.17, 15) is 13.2 Å². The SMILES string of the molecule is C[C@@]12C[C@@H](c3cc(Br)ccc3O1)[C@@H](S(=O)(=O)c1ccc(Cl)cc1)C(=O)N2. The second-order valence-corrected chi connectivity index (χ2v) is 10.2. The summed E-state index contributed by atoms with van der Waals surface area (Å²) in [6.07, 6.45) is 0.375. The lowest BCUT2D eigenvalue weighted by atomic mass is 9.81. The zero-order chi connectivity index (χ0) is 18.7. The Bertz CT molecular complexity index is 1010. The number of benzene rings is 2. The molecular formula is C18H15BrClNO4S. The van der Waals surface area contributed by atoms with Crippen molar-refractivity contribution in [2.24, 2.45) is 0 Å². The molecule has 0 radical (unpaired) electrons. The van der Waals surface area contributed by atoms with Crippen LogP contribution in [0.4, 0.5) is 0 Å². The largest absolute Gasteiger partial charge is 0.468 e. The summed E-state index contributed by atoms with van der Waals surface area (Å²) in [5.74, 6) is -0.469. The van der Waals surface area contributed by atoms with Crippen LogP contribution in [-0.4, -0.2) is 25.3 Å². The van der Waals surface area contributed by atoms with Crippen LogP contribution in [0, 0.1) is 0 Å². The molecule has 0 aromatic heterocycles. The molecule has 26 heavy (non-hydrogen) atoms. The summed E-state index contributed by atoms with van der Waals surface area (Å²) in [5, 5.41) is 1.95. The predicted octanol–water partition coefficient (Wildman–Crippen LogP) is 3.66. The molecule has 2 aromatic carbocycles. The molecule has 2 bridgehead atoms.